The first kappa shape index (κ1) is 10.6. The second-order valence-electron chi connectivity index (χ2n) is 2.12. The summed E-state index contributed by atoms with van der Waals surface area (Å²) < 4.78 is 0. The maximum atomic E-state index is 11.1. The monoisotopic (exact) mass is 216 g/mol. The van der Waals surface area contributed by atoms with Crippen LogP contribution in [0.2, 0.25) is 0 Å². The van der Waals surface area contributed by atoms with Crippen LogP contribution in [0.1, 0.15) is 20.3 Å². The largest absolute Gasteiger partial charge is 0.293 e. The van der Waals surface area contributed by atoms with Crippen molar-refractivity contribution >= 4 is 21.7 Å². The molecule has 0 aliphatic heterocycles. The third-order valence-corrected chi connectivity index (χ3v) is 1.72. The summed E-state index contributed by atoms with van der Waals surface area (Å²) in [5.74, 6) is 0.143. The molecule has 62 valence electrons. The zero-order valence-electron chi connectivity index (χ0n) is 6.93. The zero-order chi connectivity index (χ0) is 8.69. The van der Waals surface area contributed by atoms with Gasteiger partial charge in [0, 0.05) is 5.57 Å². The molecule has 1 nitrogen and oxygen atoms in total. The normalized spacial score (nSPS) is 12.5. The Bertz CT molecular complexity index is 180. The summed E-state index contributed by atoms with van der Waals surface area (Å²) in [5.41, 5.74) is 0.798. The van der Waals surface area contributed by atoms with E-state index in [1.807, 2.05) is 32.1 Å². The van der Waals surface area contributed by atoms with E-state index in [9.17, 15) is 4.79 Å². The van der Waals surface area contributed by atoms with Gasteiger partial charge in [-0.2, -0.15) is 0 Å². The number of hydrogen-bond acceptors (Lipinski definition) is 1. The fourth-order valence-electron chi connectivity index (χ4n) is 0.751. The maximum absolute atomic E-state index is 11.1. The van der Waals surface area contributed by atoms with E-state index in [-0.39, 0.29) is 5.78 Å². The summed E-state index contributed by atoms with van der Waals surface area (Å²) in [4.78, 5) is 11.1. The highest BCUT2D eigenvalue weighted by Crippen LogP contribution is 2.03. The van der Waals surface area contributed by atoms with E-state index in [4.69, 9.17) is 0 Å². The van der Waals surface area contributed by atoms with Crippen LogP contribution in [-0.4, -0.2) is 11.1 Å². The van der Waals surface area contributed by atoms with Crippen LogP contribution in [0, 0.1) is 0 Å². The smallest absolute Gasteiger partial charge is 0.173 e. The summed E-state index contributed by atoms with van der Waals surface area (Å²) in [6.45, 7) is 3.93. The van der Waals surface area contributed by atoms with Crippen molar-refractivity contribution in [3.05, 3.63) is 23.8 Å². The molecule has 0 bridgehead atoms. The first-order chi connectivity index (χ1) is 5.26. The van der Waals surface area contributed by atoms with E-state index < -0.39 is 0 Å². The molecule has 0 saturated carbocycles. The second kappa shape index (κ2) is 6.35. The van der Waals surface area contributed by atoms with Crippen molar-refractivity contribution in [3.8, 4) is 0 Å². The lowest BCUT2D eigenvalue weighted by Gasteiger charge is -1.95. The van der Waals surface area contributed by atoms with E-state index in [1.165, 1.54) is 0 Å². The molecule has 0 N–H and O–H groups in total. The number of rotatable bonds is 4. The second-order valence-corrected chi connectivity index (χ2v) is 2.69. The van der Waals surface area contributed by atoms with Crippen LogP contribution in [0.3, 0.4) is 0 Å². The lowest BCUT2D eigenvalue weighted by Crippen LogP contribution is -2.00. The standard InChI is InChI=1S/C9H13BrO/c1-3-5-8(6-4-2)9(11)7-10/h3,5-6H,4,7H2,1-2H3/b5-3-,8-6+. The first-order valence-corrected chi connectivity index (χ1v) is 4.80. The van der Waals surface area contributed by atoms with Crippen molar-refractivity contribution in [2.24, 2.45) is 0 Å². The number of halogens is 1. The van der Waals surface area contributed by atoms with Crippen LogP contribution < -0.4 is 0 Å². The number of hydrogen-bond donors (Lipinski definition) is 0. The summed E-state index contributed by atoms with van der Waals surface area (Å²) in [5, 5.41) is 0.406. The first-order valence-electron chi connectivity index (χ1n) is 3.68. The Balaban J connectivity index is 4.34. The van der Waals surface area contributed by atoms with E-state index in [0.717, 1.165) is 12.0 Å². The van der Waals surface area contributed by atoms with Gasteiger partial charge in [0.1, 0.15) is 0 Å². The lowest BCUT2D eigenvalue weighted by atomic mass is 10.1. The van der Waals surface area contributed by atoms with Crippen molar-refractivity contribution in [2.45, 2.75) is 20.3 Å². The lowest BCUT2D eigenvalue weighted by molar-refractivity contribution is -0.112. The predicted molar refractivity (Wildman–Crippen MR) is 52.0 cm³/mol. The Hall–Kier alpha value is -0.370. The van der Waals surface area contributed by atoms with E-state index in [2.05, 4.69) is 15.9 Å². The molecule has 0 heterocycles. The van der Waals surface area contributed by atoms with Crippen molar-refractivity contribution < 1.29 is 4.79 Å². The number of carbonyl (C=O) groups excluding carboxylic acids is 1. The van der Waals surface area contributed by atoms with E-state index in [1.54, 1.807) is 0 Å². The molecular formula is C9H13BrO. The van der Waals surface area contributed by atoms with Crippen LogP contribution in [-0.2, 0) is 4.79 Å². The van der Waals surface area contributed by atoms with Gasteiger partial charge < -0.3 is 0 Å². The minimum absolute atomic E-state index is 0.143. The van der Waals surface area contributed by atoms with Crippen molar-refractivity contribution in [2.75, 3.05) is 5.33 Å². The van der Waals surface area contributed by atoms with Gasteiger partial charge in [-0.15, -0.1) is 0 Å². The highest BCUT2D eigenvalue weighted by atomic mass is 79.9. The summed E-state index contributed by atoms with van der Waals surface area (Å²) in [7, 11) is 0. The van der Waals surface area contributed by atoms with Gasteiger partial charge in [-0.05, 0) is 13.3 Å². The molecule has 0 aromatic rings. The summed E-state index contributed by atoms with van der Waals surface area (Å²) in [6.07, 6.45) is 6.55. The Morgan fingerprint density at radius 3 is 2.55 bits per heavy atom. The van der Waals surface area contributed by atoms with Crippen LogP contribution in [0.25, 0.3) is 0 Å². The molecule has 0 aliphatic carbocycles. The van der Waals surface area contributed by atoms with E-state index >= 15 is 0 Å². The Kier molecular flexibility index (Phi) is 6.13. The average molecular weight is 217 g/mol. The SMILES string of the molecule is C/C=C\C(=C/CC)C(=O)CBr. The highest BCUT2D eigenvalue weighted by Gasteiger charge is 2.01. The molecule has 0 atom stereocenters. The predicted octanol–water partition coefficient (Wildman–Crippen LogP) is 2.86. The van der Waals surface area contributed by atoms with Crippen molar-refractivity contribution in [1.29, 1.82) is 0 Å². The molecule has 2 heteroatoms. The molecule has 0 aromatic carbocycles. The van der Waals surface area contributed by atoms with Crippen LogP contribution in [0.15, 0.2) is 23.8 Å². The summed E-state index contributed by atoms with van der Waals surface area (Å²) >= 11 is 3.13. The van der Waals surface area contributed by atoms with Crippen molar-refractivity contribution in [3.63, 3.8) is 0 Å². The van der Waals surface area contributed by atoms with Crippen LogP contribution in [0.4, 0.5) is 0 Å². The van der Waals surface area contributed by atoms with Gasteiger partial charge in [0.25, 0.3) is 0 Å². The maximum Gasteiger partial charge on any atom is 0.173 e. The molecule has 0 aliphatic rings. The quantitative estimate of drug-likeness (QED) is 0.402. The molecule has 0 rings (SSSR count). The fourth-order valence-corrected chi connectivity index (χ4v) is 1.08. The Morgan fingerprint density at radius 1 is 1.55 bits per heavy atom. The molecule has 11 heavy (non-hydrogen) atoms. The third kappa shape index (κ3) is 4.14. The molecule has 0 amide bonds. The van der Waals surface area contributed by atoms with Gasteiger partial charge in [-0.25, -0.2) is 0 Å². The third-order valence-electron chi connectivity index (χ3n) is 1.21. The molecular weight excluding hydrogens is 204 g/mol. The number of alkyl halides is 1. The number of Topliss-reactive ketones (excluding diaryl/α,β-unsaturated/α-hetero) is 1. The average Bonchev–Trinajstić information content (AvgIpc) is 2.03. The van der Waals surface area contributed by atoms with Gasteiger partial charge >= 0.3 is 0 Å². The van der Waals surface area contributed by atoms with Gasteiger partial charge in [0.05, 0.1) is 5.33 Å². The zero-order valence-corrected chi connectivity index (χ0v) is 8.52. The van der Waals surface area contributed by atoms with Crippen LogP contribution in [0.5, 0.6) is 0 Å². The number of ketones is 1. The molecule has 0 radical (unpaired) electrons. The van der Waals surface area contributed by atoms with Gasteiger partial charge in [0.15, 0.2) is 5.78 Å². The van der Waals surface area contributed by atoms with E-state index in [0.29, 0.717) is 5.33 Å². The van der Waals surface area contributed by atoms with Gasteiger partial charge in [0.2, 0.25) is 0 Å². The molecule has 0 aromatic heterocycles. The minimum Gasteiger partial charge on any atom is -0.293 e. The number of carbonyl (C=O) groups is 1. The topological polar surface area (TPSA) is 17.1 Å². The molecule has 0 unspecified atom stereocenters. The van der Waals surface area contributed by atoms with Crippen molar-refractivity contribution in [1.82, 2.24) is 0 Å². The molecule has 0 saturated heterocycles. The highest BCUT2D eigenvalue weighted by molar-refractivity contribution is 9.09. The van der Waals surface area contributed by atoms with Gasteiger partial charge in [-0.3, -0.25) is 4.79 Å². The fraction of sp³-hybridized carbons (Fsp3) is 0.444. The van der Waals surface area contributed by atoms with Gasteiger partial charge in [-0.1, -0.05) is 41.1 Å². The Morgan fingerprint density at radius 2 is 2.18 bits per heavy atom. The minimum atomic E-state index is 0.143. The molecule has 0 spiro atoms. The summed E-state index contributed by atoms with van der Waals surface area (Å²) in [6, 6.07) is 0. The number of allylic oxidation sites excluding steroid dienone is 4. The molecule has 0 fully saturated rings. The Labute approximate surface area is 76.3 Å². The van der Waals surface area contributed by atoms with Crippen LogP contribution >= 0.6 is 15.9 Å².